The number of aryl methyl sites for hydroxylation is 1. The minimum absolute atomic E-state index is 0.0984. The topological polar surface area (TPSA) is 58.6 Å². The van der Waals surface area contributed by atoms with Gasteiger partial charge >= 0.3 is 0 Å². The molecule has 6 nitrogen and oxygen atoms in total. The number of nitrogens with zero attached hydrogens (tertiary/aromatic N) is 4. The largest absolute Gasteiger partial charge is 0.378 e. The highest BCUT2D eigenvalue weighted by Gasteiger charge is 2.44. The van der Waals surface area contributed by atoms with Crippen molar-refractivity contribution in [2.24, 2.45) is 0 Å². The molecule has 0 aromatic carbocycles. The third-order valence-corrected chi connectivity index (χ3v) is 5.89. The summed E-state index contributed by atoms with van der Waals surface area (Å²) in [4.78, 5) is 25.8. The fourth-order valence-electron chi connectivity index (χ4n) is 4.31. The third kappa shape index (κ3) is 3.47. The zero-order valence-electron chi connectivity index (χ0n) is 15.9. The maximum Gasteiger partial charge on any atom is 0.255 e. The Bertz CT molecular complexity index is 790. The van der Waals surface area contributed by atoms with E-state index >= 15 is 0 Å². The van der Waals surface area contributed by atoms with Crippen molar-refractivity contribution < 1.29 is 9.53 Å². The van der Waals surface area contributed by atoms with Crippen LogP contribution in [0.25, 0.3) is 0 Å². The van der Waals surface area contributed by atoms with E-state index in [1.54, 1.807) is 19.5 Å². The molecule has 1 amide bonds. The molecule has 2 saturated heterocycles. The fraction of sp³-hybridized carbons (Fsp3) is 0.476. The normalized spacial score (nSPS) is 23.9. The van der Waals surface area contributed by atoms with Crippen LogP contribution in [-0.4, -0.2) is 64.6 Å². The number of likely N-dealkylation sites (tertiary alicyclic amines) is 2. The molecule has 2 aromatic heterocycles. The summed E-state index contributed by atoms with van der Waals surface area (Å²) in [7, 11) is 1.78. The molecule has 0 N–H and O–H groups in total. The Morgan fingerprint density at radius 3 is 2.63 bits per heavy atom. The van der Waals surface area contributed by atoms with Gasteiger partial charge in [0.1, 0.15) is 0 Å². The van der Waals surface area contributed by atoms with Gasteiger partial charge in [-0.1, -0.05) is 6.07 Å². The lowest BCUT2D eigenvalue weighted by Crippen LogP contribution is -2.60. The first-order chi connectivity index (χ1) is 13.2. The molecule has 0 radical (unpaired) electrons. The van der Waals surface area contributed by atoms with Crippen molar-refractivity contribution in [2.45, 2.75) is 38.0 Å². The third-order valence-electron chi connectivity index (χ3n) is 5.89. The van der Waals surface area contributed by atoms with Crippen LogP contribution in [0, 0.1) is 6.92 Å². The van der Waals surface area contributed by atoms with E-state index in [-0.39, 0.29) is 18.1 Å². The lowest BCUT2D eigenvalue weighted by Gasteiger charge is -2.52. The number of ether oxygens (including phenoxy) is 1. The molecule has 2 aliphatic rings. The minimum atomic E-state index is 0.0984. The predicted molar refractivity (Wildman–Crippen MR) is 102 cm³/mol. The number of amides is 1. The zero-order chi connectivity index (χ0) is 18.8. The molecule has 0 spiro atoms. The van der Waals surface area contributed by atoms with E-state index in [4.69, 9.17) is 4.74 Å². The van der Waals surface area contributed by atoms with Gasteiger partial charge in [-0.15, -0.1) is 0 Å². The van der Waals surface area contributed by atoms with E-state index in [0.717, 1.165) is 38.2 Å². The van der Waals surface area contributed by atoms with E-state index in [0.29, 0.717) is 11.6 Å². The smallest absolute Gasteiger partial charge is 0.255 e. The van der Waals surface area contributed by atoms with Gasteiger partial charge in [0.2, 0.25) is 0 Å². The molecule has 0 saturated carbocycles. The summed E-state index contributed by atoms with van der Waals surface area (Å²) in [5, 5.41) is 0. The highest BCUT2D eigenvalue weighted by molar-refractivity contribution is 5.95. The summed E-state index contributed by atoms with van der Waals surface area (Å²) in [6.45, 7) is 4.40. The van der Waals surface area contributed by atoms with Gasteiger partial charge in [0.15, 0.2) is 0 Å². The van der Waals surface area contributed by atoms with Crippen LogP contribution in [0.3, 0.4) is 0 Å². The van der Waals surface area contributed by atoms with Crippen LogP contribution in [0.5, 0.6) is 0 Å². The summed E-state index contributed by atoms with van der Waals surface area (Å²) < 4.78 is 5.66. The Kier molecular flexibility index (Phi) is 5.18. The van der Waals surface area contributed by atoms with Crippen molar-refractivity contribution in [3.8, 4) is 0 Å². The fourth-order valence-corrected chi connectivity index (χ4v) is 4.31. The molecule has 2 fully saturated rings. The summed E-state index contributed by atoms with van der Waals surface area (Å²) >= 11 is 0. The Balaban J connectivity index is 1.41. The maximum absolute atomic E-state index is 12.8. The molecule has 2 aromatic rings. The number of hydrogen-bond donors (Lipinski definition) is 0. The molecule has 2 aliphatic heterocycles. The first-order valence-electron chi connectivity index (χ1n) is 9.58. The van der Waals surface area contributed by atoms with Crippen LogP contribution in [0.15, 0.2) is 42.9 Å². The predicted octanol–water partition coefficient (Wildman–Crippen LogP) is 2.46. The Morgan fingerprint density at radius 1 is 1.19 bits per heavy atom. The minimum Gasteiger partial charge on any atom is -0.378 e. The standard InChI is InChI=1S/C21H26N4O2/c1-15-18(6-4-10-23-15)21(26)24-11-7-17(8-12-24)25-14-19(27-2)20(25)16-5-3-9-22-13-16/h3-6,9-10,13,17,19-20H,7-8,11-12,14H2,1-2H3. The van der Waals surface area contributed by atoms with Crippen LogP contribution in [0.4, 0.5) is 0 Å². The van der Waals surface area contributed by atoms with Gasteiger partial charge in [0.05, 0.1) is 17.7 Å². The molecule has 0 aliphatic carbocycles. The summed E-state index contributed by atoms with van der Waals surface area (Å²) in [5.74, 6) is 0.0984. The molecule has 6 heteroatoms. The van der Waals surface area contributed by atoms with E-state index in [1.807, 2.05) is 36.2 Å². The van der Waals surface area contributed by atoms with Gasteiger partial charge in [0, 0.05) is 57.1 Å². The summed E-state index contributed by atoms with van der Waals surface area (Å²) in [6.07, 6.45) is 7.65. The molecule has 27 heavy (non-hydrogen) atoms. The zero-order valence-corrected chi connectivity index (χ0v) is 15.9. The number of rotatable bonds is 4. The van der Waals surface area contributed by atoms with Crippen LogP contribution >= 0.6 is 0 Å². The second kappa shape index (κ2) is 7.74. The lowest BCUT2D eigenvalue weighted by atomic mass is 9.87. The highest BCUT2D eigenvalue weighted by Crippen LogP contribution is 2.39. The van der Waals surface area contributed by atoms with E-state index < -0.39 is 0 Å². The lowest BCUT2D eigenvalue weighted by molar-refractivity contribution is -0.115. The second-order valence-electron chi connectivity index (χ2n) is 7.36. The molecule has 2 atom stereocenters. The van der Waals surface area contributed by atoms with Crippen molar-refractivity contribution in [3.05, 3.63) is 59.7 Å². The molecular formula is C21H26N4O2. The van der Waals surface area contributed by atoms with Crippen LogP contribution in [-0.2, 0) is 4.74 Å². The number of piperidine rings is 1. The van der Waals surface area contributed by atoms with Crippen molar-refractivity contribution in [3.63, 3.8) is 0 Å². The number of hydrogen-bond acceptors (Lipinski definition) is 5. The van der Waals surface area contributed by atoms with Gasteiger partial charge in [0.25, 0.3) is 5.91 Å². The van der Waals surface area contributed by atoms with E-state index in [2.05, 4.69) is 20.9 Å². The molecule has 0 bridgehead atoms. The summed E-state index contributed by atoms with van der Waals surface area (Å²) in [6, 6.07) is 8.54. The first kappa shape index (κ1) is 18.1. The Hall–Kier alpha value is -2.31. The quantitative estimate of drug-likeness (QED) is 0.832. The molecule has 4 heterocycles. The van der Waals surface area contributed by atoms with Crippen molar-refractivity contribution in [1.82, 2.24) is 19.8 Å². The van der Waals surface area contributed by atoms with Gasteiger partial charge in [-0.05, 0) is 43.5 Å². The highest BCUT2D eigenvalue weighted by atomic mass is 16.5. The SMILES string of the molecule is COC1CN(C2CCN(C(=O)c3cccnc3C)CC2)C1c1cccnc1. The first-order valence-corrected chi connectivity index (χ1v) is 9.58. The number of carbonyl (C=O) groups is 1. The van der Waals surface area contributed by atoms with Gasteiger partial charge in [-0.3, -0.25) is 19.7 Å². The maximum atomic E-state index is 12.8. The van der Waals surface area contributed by atoms with Crippen LogP contribution in [0.2, 0.25) is 0 Å². The van der Waals surface area contributed by atoms with E-state index in [1.165, 1.54) is 5.56 Å². The monoisotopic (exact) mass is 366 g/mol. The van der Waals surface area contributed by atoms with Gasteiger partial charge < -0.3 is 9.64 Å². The van der Waals surface area contributed by atoms with Crippen molar-refractivity contribution >= 4 is 5.91 Å². The van der Waals surface area contributed by atoms with Crippen LogP contribution in [0.1, 0.15) is 40.5 Å². The average molecular weight is 366 g/mol. The molecular weight excluding hydrogens is 340 g/mol. The Morgan fingerprint density at radius 2 is 1.96 bits per heavy atom. The van der Waals surface area contributed by atoms with Gasteiger partial charge in [-0.2, -0.15) is 0 Å². The average Bonchev–Trinajstić information content (AvgIpc) is 2.69. The van der Waals surface area contributed by atoms with Crippen molar-refractivity contribution in [1.29, 1.82) is 0 Å². The van der Waals surface area contributed by atoms with Crippen molar-refractivity contribution in [2.75, 3.05) is 26.7 Å². The number of aromatic nitrogens is 2. The number of carbonyl (C=O) groups excluding carboxylic acids is 1. The van der Waals surface area contributed by atoms with E-state index in [9.17, 15) is 4.79 Å². The summed E-state index contributed by atoms with van der Waals surface area (Å²) in [5.41, 5.74) is 2.72. The molecule has 4 rings (SSSR count). The second-order valence-corrected chi connectivity index (χ2v) is 7.36. The molecule has 2 unspecified atom stereocenters. The molecule has 142 valence electrons. The Labute approximate surface area is 160 Å². The number of methoxy groups -OCH3 is 1. The van der Waals surface area contributed by atoms with Crippen LogP contribution < -0.4 is 0 Å². The van der Waals surface area contributed by atoms with Gasteiger partial charge in [-0.25, -0.2) is 0 Å². The number of pyridine rings is 2.